The quantitative estimate of drug-likeness (QED) is 0.701. The van der Waals surface area contributed by atoms with Crippen molar-refractivity contribution in [3.63, 3.8) is 0 Å². The van der Waals surface area contributed by atoms with Gasteiger partial charge in [-0.25, -0.2) is 4.98 Å². The lowest BCUT2D eigenvalue weighted by molar-refractivity contribution is 0.0679. The first-order chi connectivity index (χ1) is 9.33. The third kappa shape index (κ3) is 3.86. The van der Waals surface area contributed by atoms with E-state index in [9.17, 15) is 4.79 Å². The van der Waals surface area contributed by atoms with Crippen LogP contribution in [-0.2, 0) is 29.0 Å². The van der Waals surface area contributed by atoms with Crippen LogP contribution in [0.15, 0.2) is 11.1 Å². The van der Waals surface area contributed by atoms with Crippen molar-refractivity contribution in [1.29, 1.82) is 0 Å². The van der Waals surface area contributed by atoms with Crippen molar-refractivity contribution in [3.8, 4) is 0 Å². The van der Waals surface area contributed by atoms with E-state index in [1.165, 1.54) is 0 Å². The fourth-order valence-electron chi connectivity index (χ4n) is 2.13. The number of aryl methyl sites for hydroxylation is 1. The normalized spacial score (nSPS) is 14.4. The summed E-state index contributed by atoms with van der Waals surface area (Å²) in [4.78, 5) is 16.6. The van der Waals surface area contributed by atoms with Crippen molar-refractivity contribution in [2.45, 2.75) is 25.9 Å². The summed E-state index contributed by atoms with van der Waals surface area (Å²) in [6.07, 6.45) is 3.22. The zero-order valence-electron chi connectivity index (χ0n) is 11.4. The molecule has 0 bridgehead atoms. The Morgan fingerprint density at radius 3 is 3.16 bits per heavy atom. The van der Waals surface area contributed by atoms with Crippen LogP contribution in [0.4, 0.5) is 0 Å². The van der Waals surface area contributed by atoms with Crippen LogP contribution in [0.25, 0.3) is 0 Å². The van der Waals surface area contributed by atoms with Crippen molar-refractivity contribution in [2.75, 3.05) is 33.5 Å². The lowest BCUT2D eigenvalue weighted by Crippen LogP contribution is -2.34. The summed E-state index contributed by atoms with van der Waals surface area (Å²) in [7, 11) is 1.65. The first-order valence-electron chi connectivity index (χ1n) is 6.67. The highest BCUT2D eigenvalue weighted by Crippen LogP contribution is 2.05. The maximum absolute atomic E-state index is 12.2. The molecule has 2 heterocycles. The van der Waals surface area contributed by atoms with Crippen molar-refractivity contribution < 1.29 is 9.47 Å². The van der Waals surface area contributed by atoms with E-state index in [2.05, 4.69) is 10.3 Å². The lowest BCUT2D eigenvalue weighted by Gasteiger charge is -2.16. The van der Waals surface area contributed by atoms with E-state index in [-0.39, 0.29) is 5.56 Å². The van der Waals surface area contributed by atoms with Crippen LogP contribution in [0.1, 0.15) is 17.7 Å². The van der Waals surface area contributed by atoms with Gasteiger partial charge in [-0.05, 0) is 19.4 Å². The van der Waals surface area contributed by atoms with Crippen LogP contribution in [0.5, 0.6) is 0 Å². The molecule has 6 heteroatoms. The second-order valence-electron chi connectivity index (χ2n) is 4.55. The van der Waals surface area contributed by atoms with Crippen LogP contribution in [-0.4, -0.2) is 43.0 Å². The Labute approximate surface area is 112 Å². The Kier molecular flexibility index (Phi) is 5.50. The Morgan fingerprint density at radius 1 is 1.42 bits per heavy atom. The van der Waals surface area contributed by atoms with Crippen LogP contribution in [0, 0.1) is 0 Å². The Hall–Kier alpha value is -1.24. The van der Waals surface area contributed by atoms with Crippen molar-refractivity contribution in [2.24, 2.45) is 0 Å². The average molecular weight is 267 g/mol. The highest BCUT2D eigenvalue weighted by atomic mass is 16.5. The summed E-state index contributed by atoms with van der Waals surface area (Å²) in [5, 5.41) is 3.22. The molecule has 0 saturated heterocycles. The fraction of sp³-hybridized carbons (Fsp3) is 0.692. The molecule has 6 nitrogen and oxygen atoms in total. The van der Waals surface area contributed by atoms with Gasteiger partial charge in [-0.15, -0.1) is 0 Å². The molecular weight excluding hydrogens is 246 g/mol. The third-order valence-corrected chi connectivity index (χ3v) is 3.18. The molecule has 106 valence electrons. The summed E-state index contributed by atoms with van der Waals surface area (Å²) in [5.41, 5.74) is 1.86. The summed E-state index contributed by atoms with van der Waals surface area (Å²) in [5.74, 6) is 0. The van der Waals surface area contributed by atoms with Crippen LogP contribution in [0.2, 0.25) is 0 Å². The number of fused-ring (bicyclic) bond motifs is 1. The molecule has 0 aromatic carbocycles. The summed E-state index contributed by atoms with van der Waals surface area (Å²) in [6, 6.07) is 0. The fourth-order valence-corrected chi connectivity index (χ4v) is 2.13. The number of rotatable bonds is 7. The smallest absolute Gasteiger partial charge is 0.256 e. The standard InChI is InChI=1S/C13H21N3O3/c1-18-7-8-19-6-2-5-16-10-15-12-9-14-4-3-11(12)13(16)17/h10,14H,2-9H2,1H3. The number of hydrogen-bond donors (Lipinski definition) is 1. The second kappa shape index (κ2) is 7.37. The van der Waals surface area contributed by atoms with E-state index in [1.54, 1.807) is 18.0 Å². The van der Waals surface area contributed by atoms with Gasteiger partial charge in [0.05, 0.1) is 25.2 Å². The van der Waals surface area contributed by atoms with E-state index in [4.69, 9.17) is 9.47 Å². The second-order valence-corrected chi connectivity index (χ2v) is 4.55. The molecule has 0 atom stereocenters. The molecule has 2 rings (SSSR count). The highest BCUT2D eigenvalue weighted by Gasteiger charge is 2.14. The number of nitrogens with zero attached hydrogens (tertiary/aromatic N) is 2. The topological polar surface area (TPSA) is 65.4 Å². The molecule has 0 aliphatic carbocycles. The molecule has 1 aliphatic rings. The van der Waals surface area contributed by atoms with Gasteiger partial charge in [0.1, 0.15) is 0 Å². The number of nitrogens with one attached hydrogen (secondary N) is 1. The molecule has 0 amide bonds. The predicted molar refractivity (Wildman–Crippen MR) is 71.2 cm³/mol. The summed E-state index contributed by atoms with van der Waals surface area (Å²) >= 11 is 0. The Morgan fingerprint density at radius 2 is 2.32 bits per heavy atom. The lowest BCUT2D eigenvalue weighted by atomic mass is 10.1. The molecule has 19 heavy (non-hydrogen) atoms. The summed E-state index contributed by atoms with van der Waals surface area (Å²) in [6.45, 7) is 4.04. The van der Waals surface area contributed by atoms with Gasteiger partial charge in [0.25, 0.3) is 5.56 Å². The molecule has 0 saturated carbocycles. The number of methoxy groups -OCH3 is 1. The van der Waals surface area contributed by atoms with Gasteiger partial charge in [0, 0.05) is 32.4 Å². The average Bonchev–Trinajstić information content (AvgIpc) is 2.45. The molecule has 0 fully saturated rings. The third-order valence-electron chi connectivity index (χ3n) is 3.18. The van der Waals surface area contributed by atoms with Gasteiger partial charge in [-0.1, -0.05) is 0 Å². The maximum atomic E-state index is 12.2. The SMILES string of the molecule is COCCOCCCn1cnc2c(c1=O)CCNC2. The van der Waals surface area contributed by atoms with Gasteiger partial charge in [-0.3, -0.25) is 9.36 Å². The van der Waals surface area contributed by atoms with E-state index < -0.39 is 0 Å². The first kappa shape index (κ1) is 14.2. The van der Waals surface area contributed by atoms with Crippen molar-refractivity contribution >= 4 is 0 Å². The van der Waals surface area contributed by atoms with E-state index >= 15 is 0 Å². The van der Waals surface area contributed by atoms with Gasteiger partial charge in [0.2, 0.25) is 0 Å². The molecule has 0 radical (unpaired) electrons. The molecule has 1 N–H and O–H groups in total. The summed E-state index contributed by atoms with van der Waals surface area (Å²) < 4.78 is 12.0. The van der Waals surface area contributed by atoms with Gasteiger partial charge < -0.3 is 14.8 Å². The molecule has 0 unspecified atom stereocenters. The zero-order valence-corrected chi connectivity index (χ0v) is 11.4. The number of ether oxygens (including phenoxy) is 2. The van der Waals surface area contributed by atoms with Gasteiger partial charge in [0.15, 0.2) is 0 Å². The zero-order chi connectivity index (χ0) is 13.5. The minimum absolute atomic E-state index is 0.100. The van der Waals surface area contributed by atoms with E-state index in [1.807, 2.05) is 0 Å². The Balaban J connectivity index is 1.85. The van der Waals surface area contributed by atoms with Gasteiger partial charge >= 0.3 is 0 Å². The highest BCUT2D eigenvalue weighted by molar-refractivity contribution is 5.19. The van der Waals surface area contributed by atoms with Gasteiger partial charge in [-0.2, -0.15) is 0 Å². The first-order valence-corrected chi connectivity index (χ1v) is 6.67. The predicted octanol–water partition coefficient (Wildman–Crippen LogP) is -0.0579. The monoisotopic (exact) mass is 267 g/mol. The van der Waals surface area contributed by atoms with Crippen LogP contribution >= 0.6 is 0 Å². The minimum Gasteiger partial charge on any atom is -0.382 e. The maximum Gasteiger partial charge on any atom is 0.256 e. The largest absolute Gasteiger partial charge is 0.382 e. The number of hydrogen-bond acceptors (Lipinski definition) is 5. The van der Waals surface area contributed by atoms with Crippen LogP contribution in [0.3, 0.4) is 0 Å². The van der Waals surface area contributed by atoms with Crippen molar-refractivity contribution in [1.82, 2.24) is 14.9 Å². The van der Waals surface area contributed by atoms with Crippen LogP contribution < -0.4 is 10.9 Å². The van der Waals surface area contributed by atoms with E-state index in [0.717, 1.165) is 30.6 Å². The molecule has 1 aromatic heterocycles. The molecular formula is C13H21N3O3. The molecule has 1 aliphatic heterocycles. The Bertz CT molecular complexity index is 459. The molecule has 1 aromatic rings. The minimum atomic E-state index is 0.100. The number of aromatic nitrogens is 2. The van der Waals surface area contributed by atoms with Crippen molar-refractivity contribution in [3.05, 3.63) is 27.9 Å². The van der Waals surface area contributed by atoms with E-state index in [0.29, 0.717) is 32.9 Å². The molecule has 0 spiro atoms.